The highest BCUT2D eigenvalue weighted by molar-refractivity contribution is 5.96. The molecule has 3 amide bonds. The number of nitrogens with one attached hydrogen (secondary N) is 2. The first-order valence-corrected chi connectivity index (χ1v) is 7.49. The van der Waals surface area contributed by atoms with Crippen molar-refractivity contribution < 1.29 is 14.0 Å². The molecule has 0 spiro atoms. The van der Waals surface area contributed by atoms with Crippen LogP contribution in [0.4, 0.5) is 10.5 Å². The Kier molecular flexibility index (Phi) is 4.20. The van der Waals surface area contributed by atoms with Gasteiger partial charge in [-0.15, -0.1) is 0 Å². The van der Waals surface area contributed by atoms with Crippen LogP contribution in [0.2, 0.25) is 0 Å². The van der Waals surface area contributed by atoms with Crippen molar-refractivity contribution in [1.29, 1.82) is 0 Å². The minimum absolute atomic E-state index is 0.268. The molecule has 0 radical (unpaired) electrons. The number of hydrogen-bond donors (Lipinski definition) is 3. The number of hydrogen-bond acceptors (Lipinski definition) is 3. The van der Waals surface area contributed by atoms with Crippen LogP contribution in [0.3, 0.4) is 0 Å². The maximum atomic E-state index is 12.4. The molecule has 1 atom stereocenters. The van der Waals surface area contributed by atoms with Crippen molar-refractivity contribution in [2.75, 3.05) is 5.32 Å². The van der Waals surface area contributed by atoms with E-state index in [0.717, 1.165) is 11.0 Å². The van der Waals surface area contributed by atoms with Crippen LogP contribution in [-0.4, -0.2) is 11.9 Å². The summed E-state index contributed by atoms with van der Waals surface area (Å²) in [4.78, 5) is 23.3. The third-order valence-electron chi connectivity index (χ3n) is 3.61. The molecule has 0 aliphatic carbocycles. The van der Waals surface area contributed by atoms with E-state index in [1.54, 1.807) is 24.3 Å². The van der Waals surface area contributed by atoms with E-state index >= 15 is 0 Å². The lowest BCUT2D eigenvalue weighted by atomic mass is 10.1. The molecule has 0 saturated heterocycles. The van der Waals surface area contributed by atoms with Gasteiger partial charge in [-0.1, -0.05) is 24.3 Å². The fourth-order valence-corrected chi connectivity index (χ4v) is 2.45. The molecule has 2 aromatic carbocycles. The van der Waals surface area contributed by atoms with Crippen molar-refractivity contribution >= 4 is 28.6 Å². The Morgan fingerprint density at radius 2 is 1.88 bits per heavy atom. The molecule has 0 unspecified atom stereocenters. The molecule has 1 heterocycles. The zero-order valence-corrected chi connectivity index (χ0v) is 13.1. The van der Waals surface area contributed by atoms with Gasteiger partial charge < -0.3 is 20.8 Å². The van der Waals surface area contributed by atoms with Gasteiger partial charge in [-0.25, -0.2) is 4.79 Å². The average molecular weight is 323 g/mol. The smallest absolute Gasteiger partial charge is 0.316 e. The molecule has 1 aromatic heterocycles. The summed E-state index contributed by atoms with van der Waals surface area (Å²) in [7, 11) is 0. The van der Waals surface area contributed by atoms with Gasteiger partial charge in [0.05, 0.1) is 6.04 Å². The predicted molar refractivity (Wildman–Crippen MR) is 91.7 cm³/mol. The van der Waals surface area contributed by atoms with Crippen LogP contribution in [-0.2, 0) is 0 Å². The summed E-state index contributed by atoms with van der Waals surface area (Å²) in [6.07, 6.45) is 0. The Bertz CT molecular complexity index is 868. The van der Waals surface area contributed by atoms with Crippen LogP contribution in [0, 0.1) is 0 Å². The van der Waals surface area contributed by atoms with Gasteiger partial charge in [0.1, 0.15) is 11.3 Å². The number of fused-ring (bicyclic) bond motifs is 1. The second-order valence-electron chi connectivity index (χ2n) is 5.45. The highest BCUT2D eigenvalue weighted by Crippen LogP contribution is 2.24. The minimum atomic E-state index is -0.678. The summed E-state index contributed by atoms with van der Waals surface area (Å²) in [5, 5.41) is 6.31. The number of carbonyl (C=O) groups is 2. The van der Waals surface area contributed by atoms with Gasteiger partial charge in [0.2, 0.25) is 0 Å². The summed E-state index contributed by atoms with van der Waals surface area (Å²) in [6, 6.07) is 15.2. The number of carbonyl (C=O) groups excluding carboxylic acids is 2. The largest absolute Gasteiger partial charge is 0.459 e. The fourth-order valence-electron chi connectivity index (χ4n) is 2.45. The summed E-state index contributed by atoms with van der Waals surface area (Å²) in [5.41, 5.74) is 6.75. The number of primary amides is 1. The number of para-hydroxylation sites is 1. The molecule has 0 aliphatic heterocycles. The van der Waals surface area contributed by atoms with E-state index < -0.39 is 6.03 Å². The van der Waals surface area contributed by atoms with E-state index in [9.17, 15) is 9.59 Å². The Labute approximate surface area is 138 Å². The van der Waals surface area contributed by atoms with Crippen LogP contribution in [0.25, 0.3) is 11.0 Å². The van der Waals surface area contributed by atoms with E-state index in [-0.39, 0.29) is 11.9 Å². The number of nitrogens with two attached hydrogens (primary N) is 1. The standard InChI is InChI=1S/C18H17N3O3/c1-11(16-10-12-5-2-3-8-15(12)24-16)20-17(22)13-6-4-7-14(9-13)21-18(19)23/h2-11H,1H3,(H,20,22)(H3,19,21,23)/t11-/m0/s1. The molecular formula is C18H17N3O3. The molecule has 6 heteroatoms. The third-order valence-corrected chi connectivity index (χ3v) is 3.61. The molecule has 0 saturated carbocycles. The van der Waals surface area contributed by atoms with Crippen LogP contribution in [0.5, 0.6) is 0 Å². The lowest BCUT2D eigenvalue weighted by Crippen LogP contribution is -2.26. The Morgan fingerprint density at radius 3 is 2.62 bits per heavy atom. The summed E-state index contributed by atoms with van der Waals surface area (Å²) in [5.74, 6) is 0.409. The second-order valence-corrected chi connectivity index (χ2v) is 5.45. The zero-order valence-electron chi connectivity index (χ0n) is 13.1. The van der Waals surface area contributed by atoms with Crippen LogP contribution < -0.4 is 16.4 Å². The Hall–Kier alpha value is -3.28. The predicted octanol–water partition coefficient (Wildman–Crippen LogP) is 3.41. The number of amides is 3. The monoisotopic (exact) mass is 323 g/mol. The van der Waals surface area contributed by atoms with Crippen molar-refractivity contribution in [1.82, 2.24) is 5.32 Å². The lowest BCUT2D eigenvalue weighted by molar-refractivity contribution is 0.0935. The van der Waals surface area contributed by atoms with Crippen molar-refractivity contribution in [3.05, 3.63) is 65.9 Å². The van der Waals surface area contributed by atoms with Crippen LogP contribution in [0.15, 0.2) is 59.0 Å². The average Bonchev–Trinajstić information content (AvgIpc) is 2.98. The Morgan fingerprint density at radius 1 is 1.08 bits per heavy atom. The third kappa shape index (κ3) is 3.38. The van der Waals surface area contributed by atoms with E-state index in [0.29, 0.717) is 17.0 Å². The maximum Gasteiger partial charge on any atom is 0.316 e. The van der Waals surface area contributed by atoms with Crippen molar-refractivity contribution in [2.45, 2.75) is 13.0 Å². The minimum Gasteiger partial charge on any atom is -0.459 e. The first-order valence-electron chi connectivity index (χ1n) is 7.49. The molecule has 24 heavy (non-hydrogen) atoms. The van der Waals surface area contributed by atoms with Gasteiger partial charge >= 0.3 is 6.03 Å². The number of benzene rings is 2. The van der Waals surface area contributed by atoms with Crippen LogP contribution in [0.1, 0.15) is 29.1 Å². The molecule has 0 bridgehead atoms. The normalized spacial score (nSPS) is 11.9. The molecule has 4 N–H and O–H groups in total. The quantitative estimate of drug-likeness (QED) is 0.686. The molecule has 3 rings (SSSR count). The SMILES string of the molecule is C[C@H](NC(=O)c1cccc(NC(N)=O)c1)c1cc2ccccc2o1. The molecule has 6 nitrogen and oxygen atoms in total. The number of urea groups is 1. The first kappa shape index (κ1) is 15.6. The van der Waals surface area contributed by atoms with Crippen molar-refractivity contribution in [3.63, 3.8) is 0 Å². The molecular weight excluding hydrogens is 306 g/mol. The number of furan rings is 1. The van der Waals surface area contributed by atoms with E-state index in [1.165, 1.54) is 0 Å². The van der Waals surface area contributed by atoms with Gasteiger partial charge in [-0.2, -0.15) is 0 Å². The summed E-state index contributed by atoms with van der Waals surface area (Å²) < 4.78 is 5.75. The number of rotatable bonds is 4. The molecule has 0 aliphatic rings. The first-order chi connectivity index (χ1) is 11.5. The maximum absolute atomic E-state index is 12.4. The van der Waals surface area contributed by atoms with Crippen molar-refractivity contribution in [3.8, 4) is 0 Å². The summed E-state index contributed by atoms with van der Waals surface area (Å²) >= 11 is 0. The van der Waals surface area contributed by atoms with E-state index in [1.807, 2.05) is 37.3 Å². The topological polar surface area (TPSA) is 97.4 Å². The second kappa shape index (κ2) is 6.45. The van der Waals surface area contributed by atoms with Crippen molar-refractivity contribution in [2.24, 2.45) is 5.73 Å². The Balaban J connectivity index is 1.75. The summed E-state index contributed by atoms with van der Waals surface area (Å²) in [6.45, 7) is 1.85. The molecule has 0 fully saturated rings. The van der Waals surface area contributed by atoms with E-state index in [2.05, 4.69) is 10.6 Å². The van der Waals surface area contributed by atoms with E-state index in [4.69, 9.17) is 10.2 Å². The van der Waals surface area contributed by atoms with Gasteiger partial charge in [-0.05, 0) is 37.3 Å². The fraction of sp³-hybridized carbons (Fsp3) is 0.111. The van der Waals surface area contributed by atoms with Gasteiger partial charge in [0, 0.05) is 16.6 Å². The molecule has 122 valence electrons. The van der Waals surface area contributed by atoms with Gasteiger partial charge in [0.15, 0.2) is 0 Å². The highest BCUT2D eigenvalue weighted by atomic mass is 16.3. The van der Waals surface area contributed by atoms with Gasteiger partial charge in [0.25, 0.3) is 5.91 Å². The zero-order chi connectivity index (χ0) is 17.1. The van der Waals surface area contributed by atoms with Crippen LogP contribution >= 0.6 is 0 Å². The lowest BCUT2D eigenvalue weighted by Gasteiger charge is -2.12. The highest BCUT2D eigenvalue weighted by Gasteiger charge is 2.15. The number of anilines is 1. The van der Waals surface area contributed by atoms with Gasteiger partial charge in [-0.3, -0.25) is 4.79 Å². The molecule has 3 aromatic rings.